The fourth-order valence-electron chi connectivity index (χ4n) is 15.2. The molecule has 0 unspecified atom stereocenters. The van der Waals surface area contributed by atoms with E-state index in [-0.39, 0.29) is 290 Å². The Hall–Kier alpha value is -7.92. The lowest BCUT2D eigenvalue weighted by molar-refractivity contribution is -0.123. The average molecular weight is 2100 g/mol. The van der Waals surface area contributed by atoms with Crippen molar-refractivity contribution in [3.63, 3.8) is 0 Å². The van der Waals surface area contributed by atoms with Gasteiger partial charge in [-0.2, -0.15) is 0 Å². The van der Waals surface area contributed by atoms with Crippen LogP contribution in [0.25, 0.3) is 0 Å². The number of carbonyl (C=O) groups excluding carboxylic acids is 14. The summed E-state index contributed by atoms with van der Waals surface area (Å²) in [6.07, 6.45) is 8.21. The first-order valence-electron chi connectivity index (χ1n) is 53.6. The van der Waals surface area contributed by atoms with Crippen LogP contribution in [0.4, 0.5) is 0 Å². The third-order valence-corrected chi connectivity index (χ3v) is 25.6. The minimum Gasteiger partial charge on any atom is -0.390 e. The van der Waals surface area contributed by atoms with Crippen LogP contribution in [0.3, 0.4) is 0 Å². The van der Waals surface area contributed by atoms with Crippen LogP contribution in [-0.4, -0.2) is 575 Å². The third kappa shape index (κ3) is 91.1. The topological polar surface area (TPSA) is 506 Å². The summed E-state index contributed by atoms with van der Waals surface area (Å²) in [6, 6.07) is -0.0428. The van der Waals surface area contributed by atoms with Gasteiger partial charge >= 0.3 is 8.80 Å². The zero-order valence-corrected chi connectivity index (χ0v) is 94.3. The van der Waals surface area contributed by atoms with E-state index in [1.165, 1.54) is 0 Å². The predicted molar refractivity (Wildman–Crippen MR) is 578 cm³/mol. The fourth-order valence-corrected chi connectivity index (χ4v) is 16.4. The van der Waals surface area contributed by atoms with Crippen LogP contribution in [0.2, 0.25) is 6.04 Å². The maximum atomic E-state index is 14.0. The monoisotopic (exact) mass is 2100 g/mol. The molecule has 0 radical (unpaired) electrons. The molecule has 0 aliphatic rings. The van der Waals surface area contributed by atoms with Crippen LogP contribution in [-0.2, 0) is 71.5 Å². The molecule has 0 heterocycles. The summed E-state index contributed by atoms with van der Waals surface area (Å²) in [5.41, 5.74) is 0. The molecule has 0 bridgehead atoms. The van der Waals surface area contributed by atoms with Crippen molar-refractivity contribution in [2.75, 3.05) is 401 Å². The van der Waals surface area contributed by atoms with E-state index >= 15 is 0 Å². The van der Waals surface area contributed by atoms with E-state index < -0.39 is 8.80 Å². The molecule has 850 valence electrons. The summed E-state index contributed by atoms with van der Waals surface area (Å²) >= 11 is 0. The zero-order chi connectivity index (χ0) is 109. The van der Waals surface area contributed by atoms with Crippen molar-refractivity contribution in [2.45, 2.75) is 161 Å². The van der Waals surface area contributed by atoms with Crippen LogP contribution < -0.4 is 74.4 Å². The number of amides is 14. The van der Waals surface area contributed by atoms with Crippen molar-refractivity contribution in [2.24, 2.45) is 0 Å². The highest BCUT2D eigenvalue weighted by atomic mass is 28.4. The third-order valence-electron chi connectivity index (χ3n) is 23.9. The molecule has 0 aliphatic heterocycles. The molecule has 146 heavy (non-hydrogen) atoms. The second-order valence-electron chi connectivity index (χ2n) is 39.8. The average Bonchev–Trinajstić information content (AvgIpc) is 0.926. The second-order valence-corrected chi connectivity index (χ2v) is 42.1. The van der Waals surface area contributed by atoms with E-state index in [2.05, 4.69) is 74.4 Å². The largest absolute Gasteiger partial charge is 0.495 e. The molecule has 0 aliphatic carbocycles. The minimum atomic E-state index is -4.04. The molecular formula is C99H203N29O17Si. The molecule has 47 heteroatoms. The second kappa shape index (κ2) is 89.8. The van der Waals surface area contributed by atoms with Gasteiger partial charge in [-0.25, -0.2) is 0 Å². The number of nitrogens with one attached hydrogen (secondary N) is 14. The Kier molecular flexibility index (Phi) is 85.0. The summed E-state index contributed by atoms with van der Waals surface area (Å²) in [4.78, 5) is 239. The van der Waals surface area contributed by atoms with Crippen LogP contribution in [0.5, 0.6) is 0 Å². The van der Waals surface area contributed by atoms with Gasteiger partial charge in [0.25, 0.3) is 0 Å². The van der Waals surface area contributed by atoms with E-state index in [0.717, 1.165) is 104 Å². The van der Waals surface area contributed by atoms with Crippen LogP contribution >= 0.6 is 0 Å². The number of hydrogen-bond acceptors (Lipinski definition) is 32. The molecule has 0 fully saturated rings. The molecular weight excluding hydrogens is 1900 g/mol. The fraction of sp³-hybridized carbons (Fsp3) is 0.859. The van der Waals surface area contributed by atoms with Crippen molar-refractivity contribution in [3.05, 3.63) is 0 Å². The first kappa shape index (κ1) is 138. The Morgan fingerprint density at radius 1 is 0.171 bits per heavy atom. The molecule has 0 saturated carbocycles. The van der Waals surface area contributed by atoms with E-state index in [1.807, 2.05) is 186 Å². The number of carbonyl (C=O) groups is 14. The molecule has 0 atom stereocenters. The summed E-state index contributed by atoms with van der Waals surface area (Å²) < 4.78 is 5.31. The van der Waals surface area contributed by atoms with E-state index in [1.54, 1.807) is 6.92 Å². The van der Waals surface area contributed by atoms with E-state index in [9.17, 15) is 76.7 Å². The maximum absolute atomic E-state index is 14.0. The highest BCUT2D eigenvalue weighted by molar-refractivity contribution is 6.57. The highest BCUT2D eigenvalue weighted by Crippen LogP contribution is 2.11. The maximum Gasteiger partial charge on any atom is 0.495 e. The molecule has 14 amide bonds. The van der Waals surface area contributed by atoms with Gasteiger partial charge in [0.05, 0.1) is 0 Å². The van der Waals surface area contributed by atoms with Gasteiger partial charge in [0.1, 0.15) is 0 Å². The van der Waals surface area contributed by atoms with E-state index in [4.69, 9.17) is 4.43 Å². The van der Waals surface area contributed by atoms with Crippen LogP contribution in [0.1, 0.15) is 155 Å². The first-order chi connectivity index (χ1) is 69.5. The molecule has 46 nitrogen and oxygen atoms in total. The number of rotatable bonds is 98. The molecule has 0 aromatic carbocycles. The summed E-state index contributed by atoms with van der Waals surface area (Å²) in [5, 5.41) is 41.8. The van der Waals surface area contributed by atoms with Crippen molar-refractivity contribution in [1.82, 2.24) is 148 Å². The predicted octanol–water partition coefficient (Wildman–Crippen LogP) is -4.85. The SMILES string of the molecule is CCO[Si](O)(O)CCCN(CCC(=O)NCCN(CCC(=O)NCCN(CCC(=O)NCCCN(C)C)CCC(=O)NCCCN(C)C)CCC(=O)NCCN(CCC(=O)NCCCN(C)C)CCC(=O)NCCCN(C)C)CCC(=O)NCCN(CCC(=O)NCCN(CCC(=O)NCCCN(C)C)CCC(=O)NCCCN(C)C)CCC(=O)NCCN(CCC(=O)NCCCN(C)C)CCC(=O)NCCCN(C)C. The highest BCUT2D eigenvalue weighted by Gasteiger charge is 2.32. The first-order valence-corrected chi connectivity index (χ1v) is 55.6. The lowest BCUT2D eigenvalue weighted by Gasteiger charge is -2.25. The quantitative estimate of drug-likeness (QED) is 0.0201. The summed E-state index contributed by atoms with van der Waals surface area (Å²) in [7, 11) is 27.5. The van der Waals surface area contributed by atoms with Crippen LogP contribution in [0.15, 0.2) is 0 Å². The molecule has 0 aromatic heterocycles. The molecule has 0 aromatic rings. The van der Waals surface area contributed by atoms with Crippen molar-refractivity contribution >= 4 is 91.5 Å². The minimum absolute atomic E-state index is 0.0230. The zero-order valence-electron chi connectivity index (χ0n) is 93.3. The van der Waals surface area contributed by atoms with Crippen LogP contribution in [0, 0.1) is 0 Å². The molecule has 16 N–H and O–H groups in total. The lowest BCUT2D eigenvalue weighted by atomic mass is 10.2. The number of hydrogen-bond donors (Lipinski definition) is 16. The molecule has 0 spiro atoms. The number of nitrogens with zero attached hydrogens (tertiary/aromatic N) is 15. The van der Waals surface area contributed by atoms with Gasteiger partial charge in [0.15, 0.2) is 0 Å². The molecule has 0 saturated heterocycles. The Balaban J connectivity index is 7.01. The van der Waals surface area contributed by atoms with Gasteiger partial charge in [0, 0.05) is 325 Å². The van der Waals surface area contributed by atoms with Crippen molar-refractivity contribution in [1.29, 1.82) is 0 Å². The van der Waals surface area contributed by atoms with Gasteiger partial charge in [-0.1, -0.05) is 0 Å². The van der Waals surface area contributed by atoms with Gasteiger partial charge in [-0.05, 0) is 236 Å². The van der Waals surface area contributed by atoms with Crippen molar-refractivity contribution < 1.29 is 81.1 Å². The van der Waals surface area contributed by atoms with Crippen molar-refractivity contribution in [3.8, 4) is 0 Å². The Bertz CT molecular complexity index is 2980. The smallest absolute Gasteiger partial charge is 0.390 e. The lowest BCUT2D eigenvalue weighted by Crippen LogP contribution is -2.42. The van der Waals surface area contributed by atoms with Gasteiger partial charge in [0.2, 0.25) is 82.7 Å². The molecule has 0 rings (SSSR count). The van der Waals surface area contributed by atoms with Gasteiger partial charge in [-0.3, -0.25) is 67.1 Å². The van der Waals surface area contributed by atoms with Gasteiger partial charge < -0.3 is 162 Å². The summed E-state index contributed by atoms with van der Waals surface area (Å²) in [5.74, 6) is -2.68. The van der Waals surface area contributed by atoms with Gasteiger partial charge in [-0.15, -0.1) is 0 Å². The normalized spacial score (nSPS) is 11.8. The Morgan fingerprint density at radius 3 is 0.404 bits per heavy atom. The standard InChI is InChI=1S/C99H203N29O17Si/c1-18-145-146(143,144)85-27-64-122(65-28-94(137)108-50-83-127(75-38-96(139)110-52-79-123(67-30-86(129)100-42-19-56-114(2)3)68-31-87(130)101-43-20-57-115(4)5)76-39-97(140)111-53-80-124(69-32-88(131)102-44-21-58-116(6)7)70-33-89(132)103-45-22-59-117(8)9)66-29-95(138)109-51-84-128(77-40-98(141)112-54-81-125(71-34-90(133)104-46-23-60-118(10)11)72-35-91(134)105-47-24-61-119(12)13)78-41-99(142)113-55-82-126(73-36-92(135)106-48-25-62-120(14)15)74-37-93(136)107-49-26-63-121(16)17/h143-144H,18-85H2,1-17H3,(H,100,129)(H,101,130)(H,102,131)(H,103,132)(H,104,133)(H,105,134)(H,106,135)(H,107,136)(H,108,137)(H,109,138)(H,110,139)(H,111,140)(H,112,141)(H,113,142). The Morgan fingerprint density at radius 2 is 0.288 bits per heavy atom. The van der Waals surface area contributed by atoms with E-state index in [0.29, 0.717) is 131 Å². The Labute approximate surface area is 877 Å². The summed E-state index contributed by atoms with van der Waals surface area (Å²) in [6.45, 7) is 19.9.